The van der Waals surface area contributed by atoms with Crippen LogP contribution < -0.4 is 0 Å². The van der Waals surface area contributed by atoms with Crippen LogP contribution >= 0.6 is 15.9 Å². The second kappa shape index (κ2) is 6.35. The quantitative estimate of drug-likeness (QED) is 0.576. The van der Waals surface area contributed by atoms with Gasteiger partial charge in [-0.1, -0.05) is 22.0 Å². The fourth-order valence-corrected chi connectivity index (χ4v) is 1.66. The Hall–Kier alpha value is -0.620. The summed E-state index contributed by atoms with van der Waals surface area (Å²) in [7, 11) is 0. The highest BCUT2D eigenvalue weighted by molar-refractivity contribution is 9.10. The summed E-state index contributed by atoms with van der Waals surface area (Å²) in [5.41, 5.74) is 0.707. The van der Waals surface area contributed by atoms with Crippen LogP contribution in [0.25, 0.3) is 0 Å². The Morgan fingerprint density at radius 1 is 1.24 bits per heavy atom. The zero-order valence-electron chi connectivity index (χ0n) is 8.86. The predicted molar refractivity (Wildman–Crippen MR) is 59.0 cm³/mol. The molecule has 0 unspecified atom stereocenters. The molecule has 0 fully saturated rings. The van der Waals surface area contributed by atoms with Gasteiger partial charge >= 0.3 is 6.18 Å². The minimum atomic E-state index is -4.14. The molecule has 0 aliphatic heterocycles. The normalized spacial score (nSPS) is 11.8. The number of hydrogen-bond donors (Lipinski definition) is 0. The fraction of sp³-hybridized carbons (Fsp3) is 0.455. The highest BCUT2D eigenvalue weighted by Crippen LogP contribution is 2.22. The van der Waals surface area contributed by atoms with Crippen LogP contribution in [-0.2, 0) is 11.3 Å². The van der Waals surface area contributed by atoms with Crippen molar-refractivity contribution in [2.75, 3.05) is 6.61 Å². The van der Waals surface area contributed by atoms with Crippen molar-refractivity contribution in [2.45, 2.75) is 25.6 Å². The van der Waals surface area contributed by atoms with E-state index in [1.54, 1.807) is 0 Å². The molecule has 0 atom stereocenters. The molecule has 0 saturated heterocycles. The summed E-state index contributed by atoms with van der Waals surface area (Å²) in [6.45, 7) is 0.196. The first-order chi connectivity index (χ1) is 7.88. The minimum absolute atomic E-state index is 0.0311. The van der Waals surface area contributed by atoms with Crippen LogP contribution in [0.5, 0.6) is 0 Å². The molecular weight excluding hydrogens is 304 g/mol. The highest BCUT2D eigenvalue weighted by Gasteiger charge is 2.25. The molecule has 0 aliphatic rings. The van der Waals surface area contributed by atoms with Crippen molar-refractivity contribution in [3.63, 3.8) is 0 Å². The Morgan fingerprint density at radius 2 is 1.94 bits per heavy atom. The number of ether oxygens (including phenoxy) is 1. The first-order valence-corrected chi connectivity index (χ1v) is 5.76. The molecule has 1 aromatic rings. The Morgan fingerprint density at radius 3 is 2.53 bits per heavy atom. The first-order valence-electron chi connectivity index (χ1n) is 4.97. The van der Waals surface area contributed by atoms with E-state index < -0.39 is 12.6 Å². The summed E-state index contributed by atoms with van der Waals surface area (Å²) < 4.78 is 53.8. The molecule has 0 saturated carbocycles. The van der Waals surface area contributed by atoms with E-state index in [-0.39, 0.29) is 25.5 Å². The van der Waals surface area contributed by atoms with Crippen LogP contribution in [0.2, 0.25) is 0 Å². The molecule has 1 nitrogen and oxygen atoms in total. The summed E-state index contributed by atoms with van der Waals surface area (Å²) in [5, 5.41) is 0. The van der Waals surface area contributed by atoms with Gasteiger partial charge in [0.1, 0.15) is 5.82 Å². The van der Waals surface area contributed by atoms with Crippen LogP contribution in [0.15, 0.2) is 22.7 Å². The van der Waals surface area contributed by atoms with Crippen LogP contribution in [0.1, 0.15) is 18.4 Å². The van der Waals surface area contributed by atoms with E-state index in [1.807, 2.05) is 0 Å². The maximum atomic E-state index is 12.7. The van der Waals surface area contributed by atoms with Gasteiger partial charge in [0, 0.05) is 17.5 Å². The van der Waals surface area contributed by atoms with Crippen molar-refractivity contribution in [3.8, 4) is 0 Å². The summed E-state index contributed by atoms with van der Waals surface area (Å²) >= 11 is 3.15. The predicted octanol–water partition coefficient (Wildman–Crippen LogP) is 4.45. The maximum Gasteiger partial charge on any atom is 0.389 e. The van der Waals surface area contributed by atoms with Crippen molar-refractivity contribution in [1.82, 2.24) is 0 Å². The van der Waals surface area contributed by atoms with Gasteiger partial charge in [-0.25, -0.2) is 4.39 Å². The van der Waals surface area contributed by atoms with Crippen LogP contribution in [0.4, 0.5) is 17.6 Å². The second-order valence-electron chi connectivity index (χ2n) is 3.51. The molecule has 1 rings (SSSR count). The Balaban J connectivity index is 2.27. The van der Waals surface area contributed by atoms with E-state index in [9.17, 15) is 17.6 Å². The second-order valence-corrected chi connectivity index (χ2v) is 4.36. The smallest absolute Gasteiger partial charge is 0.377 e. The van der Waals surface area contributed by atoms with Gasteiger partial charge < -0.3 is 4.74 Å². The van der Waals surface area contributed by atoms with Gasteiger partial charge in [0.25, 0.3) is 0 Å². The lowest BCUT2D eigenvalue weighted by Crippen LogP contribution is -2.08. The average molecular weight is 315 g/mol. The third-order valence-electron chi connectivity index (χ3n) is 2.02. The third-order valence-corrected chi connectivity index (χ3v) is 2.76. The van der Waals surface area contributed by atoms with E-state index in [1.165, 1.54) is 18.2 Å². The molecular formula is C11H11BrF4O. The van der Waals surface area contributed by atoms with E-state index >= 15 is 0 Å². The third kappa shape index (κ3) is 6.02. The summed E-state index contributed by atoms with van der Waals surface area (Å²) in [4.78, 5) is 0. The largest absolute Gasteiger partial charge is 0.389 e. The van der Waals surface area contributed by atoms with Crippen LogP contribution in [0, 0.1) is 5.82 Å². The van der Waals surface area contributed by atoms with Crippen molar-refractivity contribution in [3.05, 3.63) is 34.1 Å². The molecule has 1 aromatic carbocycles. The Kier molecular flexibility index (Phi) is 5.39. The topological polar surface area (TPSA) is 9.23 Å². The van der Waals surface area contributed by atoms with Gasteiger partial charge in [-0.3, -0.25) is 0 Å². The lowest BCUT2D eigenvalue weighted by molar-refractivity contribution is -0.138. The van der Waals surface area contributed by atoms with E-state index in [4.69, 9.17) is 4.74 Å². The van der Waals surface area contributed by atoms with Gasteiger partial charge in [0.2, 0.25) is 0 Å². The molecule has 0 heterocycles. The SMILES string of the molecule is Fc1ccc(COCCCC(F)(F)F)c(Br)c1. The van der Waals surface area contributed by atoms with Crippen molar-refractivity contribution in [2.24, 2.45) is 0 Å². The van der Waals surface area contributed by atoms with Crippen molar-refractivity contribution < 1.29 is 22.3 Å². The van der Waals surface area contributed by atoms with Crippen LogP contribution in [-0.4, -0.2) is 12.8 Å². The molecule has 6 heteroatoms. The number of alkyl halides is 3. The molecule has 0 aromatic heterocycles. The monoisotopic (exact) mass is 314 g/mol. The fourth-order valence-electron chi connectivity index (χ4n) is 1.20. The highest BCUT2D eigenvalue weighted by atomic mass is 79.9. The minimum Gasteiger partial charge on any atom is -0.377 e. The summed E-state index contributed by atoms with van der Waals surface area (Å²) in [6, 6.07) is 4.09. The van der Waals surface area contributed by atoms with Crippen molar-refractivity contribution >= 4 is 15.9 Å². The number of rotatable bonds is 5. The average Bonchev–Trinajstić information content (AvgIpc) is 2.18. The van der Waals surface area contributed by atoms with Gasteiger partial charge in [-0.2, -0.15) is 13.2 Å². The number of halogens is 5. The summed E-state index contributed by atoms with van der Waals surface area (Å²) in [6.07, 6.45) is -5.06. The molecule has 0 N–H and O–H groups in total. The number of benzene rings is 1. The lowest BCUT2D eigenvalue weighted by Gasteiger charge is -2.08. The molecule has 0 radical (unpaired) electrons. The Bertz CT molecular complexity index is 365. The van der Waals surface area contributed by atoms with E-state index in [0.29, 0.717) is 10.0 Å². The van der Waals surface area contributed by atoms with Gasteiger partial charge in [0.05, 0.1) is 6.61 Å². The molecule has 96 valence electrons. The zero-order chi connectivity index (χ0) is 12.9. The van der Waals surface area contributed by atoms with Gasteiger partial charge in [-0.15, -0.1) is 0 Å². The summed E-state index contributed by atoms with van der Waals surface area (Å²) in [5.74, 6) is -0.377. The first kappa shape index (κ1) is 14.4. The standard InChI is InChI=1S/C11H11BrF4O/c12-10-6-9(13)3-2-8(10)7-17-5-1-4-11(14,15)16/h2-3,6H,1,4-5,7H2. The lowest BCUT2D eigenvalue weighted by atomic mass is 10.2. The molecule has 0 amide bonds. The van der Waals surface area contributed by atoms with Crippen molar-refractivity contribution in [1.29, 1.82) is 0 Å². The van der Waals surface area contributed by atoms with Crippen LogP contribution in [0.3, 0.4) is 0 Å². The molecule has 17 heavy (non-hydrogen) atoms. The maximum absolute atomic E-state index is 12.7. The molecule has 0 aliphatic carbocycles. The molecule has 0 bridgehead atoms. The molecule has 0 spiro atoms. The zero-order valence-corrected chi connectivity index (χ0v) is 10.4. The van der Waals surface area contributed by atoms with E-state index in [0.717, 1.165) is 0 Å². The van der Waals surface area contributed by atoms with Gasteiger partial charge in [0.15, 0.2) is 0 Å². The Labute approximate surface area is 105 Å². The number of hydrogen-bond acceptors (Lipinski definition) is 1. The van der Waals surface area contributed by atoms with Gasteiger partial charge in [-0.05, 0) is 24.1 Å². The van der Waals surface area contributed by atoms with E-state index in [2.05, 4.69) is 15.9 Å².